The Bertz CT molecular complexity index is 669. The summed E-state index contributed by atoms with van der Waals surface area (Å²) in [6.45, 7) is 0. The van der Waals surface area contributed by atoms with Crippen molar-refractivity contribution in [3.63, 3.8) is 0 Å². The summed E-state index contributed by atoms with van der Waals surface area (Å²) < 4.78 is 0. The number of aromatic carboxylic acids is 1. The van der Waals surface area contributed by atoms with Gasteiger partial charge in [-0.2, -0.15) is 0 Å². The van der Waals surface area contributed by atoms with Crippen molar-refractivity contribution >= 4 is 34.9 Å². The normalized spacial score (nSPS) is 10.1. The first kappa shape index (κ1) is 13.9. The minimum Gasteiger partial charge on any atom is -0.478 e. The number of hydrogen-bond donors (Lipinski definition) is 3. The monoisotopic (exact) mass is 290 g/mol. The zero-order chi connectivity index (χ0) is 14.7. The Kier molecular flexibility index (Phi) is 3.91. The fourth-order valence-corrected chi connectivity index (χ4v) is 1.85. The lowest BCUT2D eigenvalue weighted by atomic mass is 10.1. The summed E-state index contributed by atoms with van der Waals surface area (Å²) in [7, 11) is 0. The van der Waals surface area contributed by atoms with Crippen LogP contribution < -0.4 is 11.1 Å². The van der Waals surface area contributed by atoms with Crippen LogP contribution in [0.15, 0.2) is 42.5 Å². The summed E-state index contributed by atoms with van der Waals surface area (Å²) in [6.07, 6.45) is 0. The molecule has 6 heteroatoms. The standard InChI is InChI=1S/C14H11ClN2O3/c15-9-3-6-12(11(7-9)13(16)18)17-10-4-1-8(2-5-10)14(19)20/h1-7,17H,(H2,16,18)(H,19,20). The molecule has 0 heterocycles. The molecule has 20 heavy (non-hydrogen) atoms. The molecule has 0 fully saturated rings. The summed E-state index contributed by atoms with van der Waals surface area (Å²) >= 11 is 5.82. The lowest BCUT2D eigenvalue weighted by Gasteiger charge is -2.10. The SMILES string of the molecule is NC(=O)c1cc(Cl)ccc1Nc1ccc(C(=O)O)cc1. The molecule has 102 valence electrons. The number of carbonyl (C=O) groups is 2. The molecule has 0 spiro atoms. The molecule has 2 rings (SSSR count). The highest BCUT2D eigenvalue weighted by Crippen LogP contribution is 2.24. The Hall–Kier alpha value is -2.53. The van der Waals surface area contributed by atoms with E-state index < -0.39 is 11.9 Å². The third kappa shape index (κ3) is 3.07. The van der Waals surface area contributed by atoms with E-state index in [1.807, 2.05) is 0 Å². The van der Waals surface area contributed by atoms with Gasteiger partial charge in [-0.25, -0.2) is 4.79 Å². The Morgan fingerprint density at radius 2 is 1.75 bits per heavy atom. The van der Waals surface area contributed by atoms with Crippen LogP contribution in [0, 0.1) is 0 Å². The van der Waals surface area contributed by atoms with E-state index >= 15 is 0 Å². The van der Waals surface area contributed by atoms with Gasteiger partial charge < -0.3 is 16.2 Å². The number of primary amides is 1. The topological polar surface area (TPSA) is 92.4 Å². The van der Waals surface area contributed by atoms with Crippen LogP contribution in [0.4, 0.5) is 11.4 Å². The van der Waals surface area contributed by atoms with Crippen LogP contribution in [0.2, 0.25) is 5.02 Å². The average Bonchev–Trinajstić information content (AvgIpc) is 2.41. The number of halogens is 1. The van der Waals surface area contributed by atoms with Crippen molar-refractivity contribution in [3.8, 4) is 0 Å². The molecule has 2 aromatic carbocycles. The van der Waals surface area contributed by atoms with Gasteiger partial charge in [-0.3, -0.25) is 4.79 Å². The van der Waals surface area contributed by atoms with E-state index in [-0.39, 0.29) is 11.1 Å². The minimum absolute atomic E-state index is 0.182. The second-order valence-electron chi connectivity index (χ2n) is 4.06. The van der Waals surface area contributed by atoms with Gasteiger partial charge in [0.2, 0.25) is 0 Å². The van der Waals surface area contributed by atoms with Crippen molar-refractivity contribution < 1.29 is 14.7 Å². The first-order valence-electron chi connectivity index (χ1n) is 5.67. The number of carboxylic acid groups (broad SMARTS) is 1. The minimum atomic E-state index is -0.999. The molecule has 0 saturated carbocycles. The van der Waals surface area contributed by atoms with E-state index in [0.29, 0.717) is 16.4 Å². The number of benzene rings is 2. The summed E-state index contributed by atoms with van der Waals surface area (Å²) in [5.74, 6) is -1.60. The third-order valence-electron chi connectivity index (χ3n) is 2.66. The molecular formula is C14H11ClN2O3. The molecule has 0 unspecified atom stereocenters. The van der Waals surface area contributed by atoms with Crippen LogP contribution in [-0.2, 0) is 0 Å². The Labute approximate surface area is 120 Å². The summed E-state index contributed by atoms with van der Waals surface area (Å²) in [5, 5.41) is 12.2. The molecule has 4 N–H and O–H groups in total. The van der Waals surface area contributed by atoms with E-state index in [9.17, 15) is 9.59 Å². The van der Waals surface area contributed by atoms with E-state index in [1.165, 1.54) is 18.2 Å². The van der Waals surface area contributed by atoms with Crippen molar-refractivity contribution in [2.75, 3.05) is 5.32 Å². The van der Waals surface area contributed by atoms with Gasteiger partial charge in [-0.15, -0.1) is 0 Å². The van der Waals surface area contributed by atoms with E-state index in [2.05, 4.69) is 5.32 Å². The Morgan fingerprint density at radius 3 is 2.30 bits per heavy atom. The van der Waals surface area contributed by atoms with Crippen LogP contribution >= 0.6 is 11.6 Å². The second-order valence-corrected chi connectivity index (χ2v) is 4.50. The summed E-state index contributed by atoms with van der Waals surface area (Å²) in [6, 6.07) is 10.9. The maximum atomic E-state index is 11.4. The number of anilines is 2. The highest BCUT2D eigenvalue weighted by atomic mass is 35.5. The Balaban J connectivity index is 2.30. The average molecular weight is 291 g/mol. The number of amides is 1. The smallest absolute Gasteiger partial charge is 0.335 e. The highest BCUT2D eigenvalue weighted by molar-refractivity contribution is 6.31. The third-order valence-corrected chi connectivity index (χ3v) is 2.89. The van der Waals surface area contributed by atoms with Gasteiger partial charge in [-0.1, -0.05) is 11.6 Å². The van der Waals surface area contributed by atoms with Crippen molar-refractivity contribution in [2.24, 2.45) is 5.73 Å². The van der Waals surface area contributed by atoms with Gasteiger partial charge in [0.05, 0.1) is 16.8 Å². The van der Waals surface area contributed by atoms with Crippen LogP contribution in [-0.4, -0.2) is 17.0 Å². The quantitative estimate of drug-likeness (QED) is 0.807. The lowest BCUT2D eigenvalue weighted by molar-refractivity contribution is 0.0696. The van der Waals surface area contributed by atoms with Gasteiger partial charge in [0.15, 0.2) is 0 Å². The predicted molar refractivity (Wildman–Crippen MR) is 76.7 cm³/mol. The van der Waals surface area contributed by atoms with E-state index in [4.69, 9.17) is 22.4 Å². The van der Waals surface area contributed by atoms with Crippen molar-refractivity contribution in [1.82, 2.24) is 0 Å². The van der Waals surface area contributed by atoms with Crippen molar-refractivity contribution in [3.05, 3.63) is 58.6 Å². The number of rotatable bonds is 4. The number of carbonyl (C=O) groups excluding carboxylic acids is 1. The van der Waals surface area contributed by atoms with E-state index in [1.54, 1.807) is 24.3 Å². The van der Waals surface area contributed by atoms with Gasteiger partial charge in [0, 0.05) is 10.7 Å². The van der Waals surface area contributed by atoms with Crippen LogP contribution in [0.5, 0.6) is 0 Å². The predicted octanol–water partition coefficient (Wildman–Crippen LogP) is 2.88. The first-order valence-corrected chi connectivity index (χ1v) is 6.05. The van der Waals surface area contributed by atoms with Crippen LogP contribution in [0.1, 0.15) is 20.7 Å². The fraction of sp³-hybridized carbons (Fsp3) is 0. The first-order chi connectivity index (χ1) is 9.47. The fourth-order valence-electron chi connectivity index (χ4n) is 1.68. The molecule has 0 saturated heterocycles. The van der Waals surface area contributed by atoms with Crippen LogP contribution in [0.3, 0.4) is 0 Å². The molecule has 0 aliphatic rings. The molecule has 2 aromatic rings. The molecule has 1 amide bonds. The van der Waals surface area contributed by atoms with Gasteiger partial charge >= 0.3 is 5.97 Å². The molecule has 0 radical (unpaired) electrons. The van der Waals surface area contributed by atoms with Gasteiger partial charge in [0.25, 0.3) is 5.91 Å². The Morgan fingerprint density at radius 1 is 1.10 bits per heavy atom. The summed E-state index contributed by atoms with van der Waals surface area (Å²) in [4.78, 5) is 22.1. The number of nitrogens with two attached hydrogens (primary N) is 1. The largest absolute Gasteiger partial charge is 0.478 e. The maximum Gasteiger partial charge on any atom is 0.335 e. The summed E-state index contributed by atoms with van der Waals surface area (Å²) in [5.41, 5.74) is 6.87. The molecular weight excluding hydrogens is 280 g/mol. The maximum absolute atomic E-state index is 11.4. The lowest BCUT2D eigenvalue weighted by Crippen LogP contribution is -2.13. The zero-order valence-corrected chi connectivity index (χ0v) is 11.0. The molecule has 0 bridgehead atoms. The molecule has 5 nitrogen and oxygen atoms in total. The number of nitrogens with one attached hydrogen (secondary N) is 1. The molecule has 0 aliphatic carbocycles. The van der Waals surface area contributed by atoms with Crippen molar-refractivity contribution in [1.29, 1.82) is 0 Å². The number of carboxylic acids is 1. The zero-order valence-electron chi connectivity index (χ0n) is 10.3. The van der Waals surface area contributed by atoms with E-state index in [0.717, 1.165) is 0 Å². The second kappa shape index (κ2) is 5.63. The molecule has 0 atom stereocenters. The van der Waals surface area contributed by atoms with Crippen LogP contribution in [0.25, 0.3) is 0 Å². The molecule has 0 aliphatic heterocycles. The molecule has 0 aromatic heterocycles. The van der Waals surface area contributed by atoms with Gasteiger partial charge in [-0.05, 0) is 42.5 Å². The highest BCUT2D eigenvalue weighted by Gasteiger charge is 2.09. The number of hydrogen-bond acceptors (Lipinski definition) is 3. The van der Waals surface area contributed by atoms with Crippen molar-refractivity contribution in [2.45, 2.75) is 0 Å². The van der Waals surface area contributed by atoms with Gasteiger partial charge in [0.1, 0.15) is 0 Å².